The minimum absolute atomic E-state index is 0.965. The molecule has 0 radical (unpaired) electrons. The lowest BCUT2D eigenvalue weighted by Gasteiger charge is -2.06. The van der Waals surface area contributed by atoms with Crippen LogP contribution < -0.4 is 5.32 Å². The molecule has 3 nitrogen and oxygen atoms in total. The van der Waals surface area contributed by atoms with E-state index in [1.807, 2.05) is 18.7 Å². The molecule has 2 rings (SSSR count). The molecule has 96 valence electrons. The van der Waals surface area contributed by atoms with Gasteiger partial charge in [-0.1, -0.05) is 29.8 Å². The smallest absolute Gasteiger partial charge is 0.0945 e. The van der Waals surface area contributed by atoms with Gasteiger partial charge in [-0.05, 0) is 31.9 Å². The van der Waals surface area contributed by atoms with Crippen LogP contribution in [0.5, 0.6) is 0 Å². The van der Waals surface area contributed by atoms with Crippen molar-refractivity contribution in [1.82, 2.24) is 14.9 Å². The third-order valence-corrected chi connectivity index (χ3v) is 2.99. The predicted molar refractivity (Wildman–Crippen MR) is 74.3 cm³/mol. The number of unbranched alkanes of at least 4 members (excludes halogenated alkanes) is 1. The Morgan fingerprint density at radius 1 is 1.28 bits per heavy atom. The zero-order chi connectivity index (χ0) is 12.6. The Morgan fingerprint density at radius 2 is 2.22 bits per heavy atom. The van der Waals surface area contributed by atoms with E-state index in [1.54, 1.807) is 0 Å². The quantitative estimate of drug-likeness (QED) is 0.758. The maximum Gasteiger partial charge on any atom is 0.0945 e. The van der Waals surface area contributed by atoms with Crippen LogP contribution in [0.4, 0.5) is 0 Å². The third kappa shape index (κ3) is 4.34. The second-order valence-corrected chi connectivity index (χ2v) is 4.67. The van der Waals surface area contributed by atoms with Crippen molar-refractivity contribution in [2.24, 2.45) is 0 Å². The molecule has 0 aliphatic carbocycles. The SMILES string of the molecule is Cc1cccc(CNCCCCn2ccnc2)c1. The molecule has 1 N–H and O–H groups in total. The van der Waals surface area contributed by atoms with Crippen molar-refractivity contribution < 1.29 is 0 Å². The lowest BCUT2D eigenvalue weighted by molar-refractivity contribution is 0.568. The largest absolute Gasteiger partial charge is 0.337 e. The van der Waals surface area contributed by atoms with Crippen LogP contribution in [0.3, 0.4) is 0 Å². The van der Waals surface area contributed by atoms with E-state index in [1.165, 1.54) is 24.0 Å². The van der Waals surface area contributed by atoms with Gasteiger partial charge in [0.25, 0.3) is 0 Å². The molecule has 0 unspecified atom stereocenters. The number of hydrogen-bond donors (Lipinski definition) is 1. The average Bonchev–Trinajstić information content (AvgIpc) is 2.87. The molecule has 0 atom stereocenters. The fourth-order valence-electron chi connectivity index (χ4n) is 2.02. The first-order chi connectivity index (χ1) is 8.84. The Bertz CT molecular complexity index is 449. The van der Waals surface area contributed by atoms with Crippen LogP contribution in [0.1, 0.15) is 24.0 Å². The fourth-order valence-corrected chi connectivity index (χ4v) is 2.02. The molecular weight excluding hydrogens is 222 g/mol. The summed E-state index contributed by atoms with van der Waals surface area (Å²) in [4.78, 5) is 4.03. The van der Waals surface area contributed by atoms with Gasteiger partial charge in [-0.3, -0.25) is 0 Å². The van der Waals surface area contributed by atoms with E-state index < -0.39 is 0 Å². The zero-order valence-electron chi connectivity index (χ0n) is 11.0. The van der Waals surface area contributed by atoms with E-state index in [0.717, 1.165) is 19.6 Å². The average molecular weight is 243 g/mol. The zero-order valence-corrected chi connectivity index (χ0v) is 11.0. The molecule has 2 aromatic rings. The van der Waals surface area contributed by atoms with Crippen molar-refractivity contribution in [3.05, 3.63) is 54.1 Å². The molecule has 1 aromatic heterocycles. The van der Waals surface area contributed by atoms with Crippen molar-refractivity contribution in [1.29, 1.82) is 0 Å². The van der Waals surface area contributed by atoms with E-state index in [-0.39, 0.29) is 0 Å². The van der Waals surface area contributed by atoms with Crippen LogP contribution in [-0.2, 0) is 13.1 Å². The second kappa shape index (κ2) is 6.97. The molecule has 18 heavy (non-hydrogen) atoms. The molecule has 1 aromatic carbocycles. The van der Waals surface area contributed by atoms with Crippen molar-refractivity contribution >= 4 is 0 Å². The number of aromatic nitrogens is 2. The van der Waals surface area contributed by atoms with Crippen LogP contribution in [-0.4, -0.2) is 16.1 Å². The normalized spacial score (nSPS) is 10.7. The first-order valence-electron chi connectivity index (χ1n) is 6.56. The maximum absolute atomic E-state index is 4.03. The minimum atomic E-state index is 0.965. The molecule has 1 heterocycles. The van der Waals surface area contributed by atoms with Crippen LogP contribution in [0.2, 0.25) is 0 Å². The van der Waals surface area contributed by atoms with Crippen LogP contribution in [0.15, 0.2) is 43.0 Å². The summed E-state index contributed by atoms with van der Waals surface area (Å²) < 4.78 is 2.13. The summed E-state index contributed by atoms with van der Waals surface area (Å²) >= 11 is 0. The number of rotatable bonds is 7. The van der Waals surface area contributed by atoms with Crippen molar-refractivity contribution in [2.45, 2.75) is 32.9 Å². The van der Waals surface area contributed by atoms with Gasteiger partial charge in [-0.25, -0.2) is 4.98 Å². The number of benzene rings is 1. The van der Waals surface area contributed by atoms with Gasteiger partial charge in [0.2, 0.25) is 0 Å². The topological polar surface area (TPSA) is 29.9 Å². The highest BCUT2D eigenvalue weighted by Crippen LogP contribution is 2.03. The van der Waals surface area contributed by atoms with Crippen molar-refractivity contribution in [2.75, 3.05) is 6.54 Å². The highest BCUT2D eigenvalue weighted by Gasteiger charge is 1.94. The van der Waals surface area contributed by atoms with Gasteiger partial charge in [0, 0.05) is 25.5 Å². The number of nitrogens with zero attached hydrogens (tertiary/aromatic N) is 2. The van der Waals surface area contributed by atoms with Gasteiger partial charge in [0.1, 0.15) is 0 Å². The standard InChI is InChI=1S/C15H21N3/c1-14-5-4-6-15(11-14)12-16-7-2-3-9-18-10-8-17-13-18/h4-6,8,10-11,13,16H,2-3,7,9,12H2,1H3. The molecule has 0 aliphatic rings. The Hall–Kier alpha value is -1.61. The first kappa shape index (κ1) is 12.8. The van der Waals surface area contributed by atoms with Crippen LogP contribution in [0, 0.1) is 6.92 Å². The molecule has 0 aliphatic heterocycles. The number of imidazole rings is 1. The van der Waals surface area contributed by atoms with E-state index in [0.29, 0.717) is 0 Å². The molecule has 3 heteroatoms. The molecule has 0 bridgehead atoms. The molecule has 0 saturated carbocycles. The summed E-state index contributed by atoms with van der Waals surface area (Å²) in [7, 11) is 0. The summed E-state index contributed by atoms with van der Waals surface area (Å²) in [5.74, 6) is 0. The van der Waals surface area contributed by atoms with Gasteiger partial charge in [-0.2, -0.15) is 0 Å². The highest BCUT2D eigenvalue weighted by molar-refractivity contribution is 5.21. The van der Waals surface area contributed by atoms with Crippen molar-refractivity contribution in [3.63, 3.8) is 0 Å². The Balaban J connectivity index is 1.56. The maximum atomic E-state index is 4.03. The third-order valence-electron chi connectivity index (χ3n) is 2.99. The van der Waals surface area contributed by atoms with E-state index in [2.05, 4.69) is 46.1 Å². The Labute approximate surface area is 109 Å². The van der Waals surface area contributed by atoms with Crippen LogP contribution in [0.25, 0.3) is 0 Å². The van der Waals surface area contributed by atoms with Gasteiger partial charge in [-0.15, -0.1) is 0 Å². The summed E-state index contributed by atoms with van der Waals surface area (Å²) in [6, 6.07) is 8.66. The highest BCUT2D eigenvalue weighted by atomic mass is 15.0. The molecule has 0 spiro atoms. The first-order valence-corrected chi connectivity index (χ1v) is 6.56. The molecule has 0 fully saturated rings. The number of hydrogen-bond acceptors (Lipinski definition) is 2. The molecule has 0 amide bonds. The summed E-state index contributed by atoms with van der Waals surface area (Å²) in [6.45, 7) is 5.23. The minimum Gasteiger partial charge on any atom is -0.337 e. The Morgan fingerprint density at radius 3 is 3.00 bits per heavy atom. The van der Waals surface area contributed by atoms with E-state index in [9.17, 15) is 0 Å². The predicted octanol–water partition coefficient (Wildman–Crippen LogP) is 2.76. The summed E-state index contributed by atoms with van der Waals surface area (Å²) in [5.41, 5.74) is 2.69. The second-order valence-electron chi connectivity index (χ2n) is 4.67. The van der Waals surface area contributed by atoms with Gasteiger partial charge >= 0.3 is 0 Å². The van der Waals surface area contributed by atoms with Crippen LogP contribution >= 0.6 is 0 Å². The summed E-state index contributed by atoms with van der Waals surface area (Å²) in [5, 5.41) is 3.48. The molecule has 0 saturated heterocycles. The molecular formula is C15H21N3. The van der Waals surface area contributed by atoms with Gasteiger partial charge in [0.05, 0.1) is 6.33 Å². The number of aryl methyl sites for hydroxylation is 2. The monoisotopic (exact) mass is 243 g/mol. The summed E-state index contributed by atoms with van der Waals surface area (Å²) in [6.07, 6.45) is 8.11. The van der Waals surface area contributed by atoms with Gasteiger partial charge < -0.3 is 9.88 Å². The number of nitrogens with one attached hydrogen (secondary N) is 1. The lowest BCUT2D eigenvalue weighted by atomic mass is 10.1. The van der Waals surface area contributed by atoms with Crippen molar-refractivity contribution in [3.8, 4) is 0 Å². The lowest BCUT2D eigenvalue weighted by Crippen LogP contribution is -2.15. The van der Waals surface area contributed by atoms with Gasteiger partial charge in [0.15, 0.2) is 0 Å². The fraction of sp³-hybridized carbons (Fsp3) is 0.400. The van der Waals surface area contributed by atoms with E-state index in [4.69, 9.17) is 0 Å². The van der Waals surface area contributed by atoms with E-state index >= 15 is 0 Å². The Kier molecular flexibility index (Phi) is 4.97.